The maximum absolute atomic E-state index is 14.1. The maximum Gasteiger partial charge on any atom is 0.127 e. The van der Waals surface area contributed by atoms with Crippen molar-refractivity contribution in [3.05, 3.63) is 35.6 Å². The van der Waals surface area contributed by atoms with Gasteiger partial charge in [-0.05, 0) is 38.8 Å². The molecule has 1 aromatic rings. The predicted molar refractivity (Wildman–Crippen MR) is 86.6 cm³/mol. The van der Waals surface area contributed by atoms with E-state index in [2.05, 4.69) is 25.8 Å². The van der Waals surface area contributed by atoms with Crippen LogP contribution in [-0.4, -0.2) is 24.0 Å². The summed E-state index contributed by atoms with van der Waals surface area (Å²) < 4.78 is 14.1. The minimum absolute atomic E-state index is 0.0145. The van der Waals surface area contributed by atoms with Crippen LogP contribution < -0.4 is 5.73 Å². The van der Waals surface area contributed by atoms with Crippen LogP contribution >= 0.6 is 0 Å². The molecule has 1 saturated carbocycles. The molecule has 0 bridgehead atoms. The third-order valence-electron chi connectivity index (χ3n) is 5.56. The number of nitrogens with zero attached hydrogens (tertiary/aromatic N) is 1. The molecule has 2 rings (SSSR count). The van der Waals surface area contributed by atoms with E-state index >= 15 is 0 Å². The Morgan fingerprint density at radius 3 is 2.76 bits per heavy atom. The molecule has 0 radical (unpaired) electrons. The van der Waals surface area contributed by atoms with Gasteiger partial charge in [-0.1, -0.05) is 44.4 Å². The Kier molecular flexibility index (Phi) is 5.39. The zero-order chi connectivity index (χ0) is 15.5. The van der Waals surface area contributed by atoms with Crippen LogP contribution in [0.5, 0.6) is 0 Å². The summed E-state index contributed by atoms with van der Waals surface area (Å²) in [5.74, 6) is 0.629. The number of halogens is 1. The highest BCUT2D eigenvalue weighted by Crippen LogP contribution is 2.40. The van der Waals surface area contributed by atoms with E-state index in [1.165, 1.54) is 19.3 Å². The number of hydrogen-bond acceptors (Lipinski definition) is 2. The van der Waals surface area contributed by atoms with Crippen molar-refractivity contribution in [1.82, 2.24) is 4.90 Å². The van der Waals surface area contributed by atoms with Gasteiger partial charge in [0.05, 0.1) is 0 Å². The van der Waals surface area contributed by atoms with Gasteiger partial charge in [0.15, 0.2) is 0 Å². The van der Waals surface area contributed by atoms with Crippen LogP contribution in [0.25, 0.3) is 0 Å². The molecule has 0 heterocycles. The smallest absolute Gasteiger partial charge is 0.127 e. The molecule has 0 aromatic heterocycles. The molecule has 21 heavy (non-hydrogen) atoms. The summed E-state index contributed by atoms with van der Waals surface area (Å²) in [5, 5.41) is 0. The number of rotatable bonds is 5. The lowest BCUT2D eigenvalue weighted by atomic mass is 9.73. The molecule has 1 aliphatic rings. The van der Waals surface area contributed by atoms with Gasteiger partial charge >= 0.3 is 0 Å². The Bertz CT molecular complexity index is 462. The summed E-state index contributed by atoms with van der Waals surface area (Å²) in [6.07, 6.45) is 6.00. The molecule has 3 unspecified atom stereocenters. The van der Waals surface area contributed by atoms with Crippen molar-refractivity contribution in [2.75, 3.05) is 13.6 Å². The van der Waals surface area contributed by atoms with E-state index in [1.807, 2.05) is 12.1 Å². The van der Waals surface area contributed by atoms with Crippen LogP contribution in [0.2, 0.25) is 0 Å². The fraction of sp³-hybridized carbons (Fsp3) is 0.667. The minimum atomic E-state index is -0.119. The van der Waals surface area contributed by atoms with E-state index < -0.39 is 0 Å². The molecule has 2 N–H and O–H groups in total. The molecule has 0 saturated heterocycles. The summed E-state index contributed by atoms with van der Waals surface area (Å²) >= 11 is 0. The summed E-state index contributed by atoms with van der Waals surface area (Å²) in [5.41, 5.74) is 6.96. The second-order valence-electron chi connectivity index (χ2n) is 6.61. The van der Waals surface area contributed by atoms with Crippen LogP contribution in [0.4, 0.5) is 4.39 Å². The lowest BCUT2D eigenvalue weighted by Crippen LogP contribution is -2.55. The van der Waals surface area contributed by atoms with Crippen molar-refractivity contribution in [3.63, 3.8) is 0 Å². The van der Waals surface area contributed by atoms with Crippen molar-refractivity contribution in [3.8, 4) is 0 Å². The molecule has 0 spiro atoms. The third kappa shape index (κ3) is 3.29. The van der Waals surface area contributed by atoms with Crippen LogP contribution in [0.3, 0.4) is 0 Å². The van der Waals surface area contributed by atoms with Gasteiger partial charge in [-0.25, -0.2) is 4.39 Å². The zero-order valence-corrected chi connectivity index (χ0v) is 13.6. The number of benzene rings is 1. The molecule has 1 fully saturated rings. The van der Waals surface area contributed by atoms with E-state index in [4.69, 9.17) is 5.73 Å². The van der Waals surface area contributed by atoms with Crippen LogP contribution in [0.15, 0.2) is 24.3 Å². The summed E-state index contributed by atoms with van der Waals surface area (Å²) in [4.78, 5) is 2.33. The second kappa shape index (κ2) is 6.89. The molecular weight excluding hydrogens is 263 g/mol. The van der Waals surface area contributed by atoms with Crippen LogP contribution in [0.1, 0.15) is 57.6 Å². The molecule has 3 atom stereocenters. The van der Waals surface area contributed by atoms with Gasteiger partial charge in [-0.3, -0.25) is 4.90 Å². The van der Waals surface area contributed by atoms with Crippen molar-refractivity contribution < 1.29 is 4.39 Å². The number of hydrogen-bond donors (Lipinski definition) is 1. The highest BCUT2D eigenvalue weighted by atomic mass is 19.1. The first-order valence-corrected chi connectivity index (χ1v) is 8.21. The molecule has 2 nitrogen and oxygen atoms in total. The molecule has 0 amide bonds. The SMILES string of the molecule is CCC1CCCC(CN)(N(C)C(C)c2ccccc2F)C1. The average molecular weight is 292 g/mol. The summed E-state index contributed by atoms with van der Waals surface area (Å²) in [6.45, 7) is 5.00. The van der Waals surface area contributed by atoms with Gasteiger partial charge in [0, 0.05) is 23.7 Å². The average Bonchev–Trinajstić information content (AvgIpc) is 2.53. The van der Waals surface area contributed by atoms with E-state index in [1.54, 1.807) is 12.1 Å². The minimum Gasteiger partial charge on any atom is -0.329 e. The first-order valence-electron chi connectivity index (χ1n) is 8.21. The zero-order valence-electron chi connectivity index (χ0n) is 13.6. The fourth-order valence-electron chi connectivity index (χ4n) is 3.89. The van der Waals surface area contributed by atoms with Crippen molar-refractivity contribution in [1.29, 1.82) is 0 Å². The Morgan fingerprint density at radius 1 is 1.43 bits per heavy atom. The fourth-order valence-corrected chi connectivity index (χ4v) is 3.89. The first kappa shape index (κ1) is 16.4. The van der Waals surface area contributed by atoms with E-state index in [0.717, 1.165) is 24.3 Å². The standard InChI is InChI=1S/C18H29FN2/c1-4-15-8-7-11-18(12-15,13-20)21(3)14(2)16-9-5-6-10-17(16)19/h5-6,9-10,14-15H,4,7-8,11-13,20H2,1-3H3. The summed E-state index contributed by atoms with van der Waals surface area (Å²) in [7, 11) is 2.11. The number of likely N-dealkylation sites (N-methyl/N-ethyl adjacent to an activating group) is 1. The topological polar surface area (TPSA) is 29.3 Å². The quantitative estimate of drug-likeness (QED) is 0.884. The van der Waals surface area contributed by atoms with Gasteiger partial charge in [0.2, 0.25) is 0 Å². The highest BCUT2D eigenvalue weighted by Gasteiger charge is 2.40. The van der Waals surface area contributed by atoms with Crippen molar-refractivity contribution in [2.45, 2.75) is 57.5 Å². The number of nitrogens with two attached hydrogens (primary N) is 1. The Morgan fingerprint density at radius 2 is 2.14 bits per heavy atom. The Balaban J connectivity index is 2.23. The van der Waals surface area contributed by atoms with E-state index in [0.29, 0.717) is 6.54 Å². The summed E-state index contributed by atoms with van der Waals surface area (Å²) in [6, 6.07) is 7.14. The lowest BCUT2D eigenvalue weighted by Gasteiger charge is -2.49. The monoisotopic (exact) mass is 292 g/mol. The van der Waals surface area contributed by atoms with Gasteiger partial charge in [0.25, 0.3) is 0 Å². The van der Waals surface area contributed by atoms with E-state index in [9.17, 15) is 4.39 Å². The van der Waals surface area contributed by atoms with Crippen LogP contribution in [-0.2, 0) is 0 Å². The maximum atomic E-state index is 14.1. The van der Waals surface area contributed by atoms with Gasteiger partial charge in [-0.2, -0.15) is 0 Å². The first-order chi connectivity index (χ1) is 10.0. The lowest BCUT2D eigenvalue weighted by molar-refractivity contribution is 0.0268. The third-order valence-corrected chi connectivity index (χ3v) is 5.56. The van der Waals surface area contributed by atoms with Crippen molar-refractivity contribution in [2.24, 2.45) is 11.7 Å². The molecule has 3 heteroatoms. The molecule has 1 aliphatic carbocycles. The van der Waals surface area contributed by atoms with Gasteiger partial charge in [-0.15, -0.1) is 0 Å². The largest absolute Gasteiger partial charge is 0.329 e. The highest BCUT2D eigenvalue weighted by molar-refractivity contribution is 5.21. The second-order valence-corrected chi connectivity index (χ2v) is 6.61. The Hall–Kier alpha value is -0.930. The normalized spacial score (nSPS) is 27.8. The van der Waals surface area contributed by atoms with E-state index in [-0.39, 0.29) is 17.4 Å². The van der Waals surface area contributed by atoms with Gasteiger partial charge < -0.3 is 5.73 Å². The Labute approximate surface area is 128 Å². The van der Waals surface area contributed by atoms with Gasteiger partial charge in [0.1, 0.15) is 5.82 Å². The molecule has 1 aromatic carbocycles. The predicted octanol–water partition coefficient (Wildman–Crippen LogP) is 4.12. The molecule has 118 valence electrons. The molecular formula is C18H29FN2. The molecule has 0 aliphatic heterocycles. The van der Waals surface area contributed by atoms with Crippen LogP contribution in [0, 0.1) is 11.7 Å². The van der Waals surface area contributed by atoms with Crippen molar-refractivity contribution >= 4 is 0 Å².